The second-order valence-corrected chi connectivity index (χ2v) is 7.07. The molecule has 8 nitrogen and oxygen atoms in total. The molecule has 4 rings (SSSR count). The van der Waals surface area contributed by atoms with Gasteiger partial charge in [-0.05, 0) is 18.6 Å². The van der Waals surface area contributed by atoms with Crippen molar-refractivity contribution in [3.05, 3.63) is 35.9 Å². The van der Waals surface area contributed by atoms with Crippen LogP contribution in [0.25, 0.3) is 11.0 Å². The van der Waals surface area contributed by atoms with Crippen molar-refractivity contribution in [2.45, 2.75) is 13.5 Å². The maximum Gasteiger partial charge on any atom is 0.322 e. The normalized spacial score (nSPS) is 15.5. The third kappa shape index (κ3) is 3.27. The van der Waals surface area contributed by atoms with Crippen molar-refractivity contribution >= 4 is 34.5 Å². The lowest BCUT2D eigenvalue weighted by Gasteiger charge is -2.34. The van der Waals surface area contributed by atoms with Crippen molar-refractivity contribution < 1.29 is 4.79 Å². The van der Waals surface area contributed by atoms with E-state index in [1.807, 2.05) is 48.0 Å². The molecule has 1 aromatic carbocycles. The minimum atomic E-state index is -0.0785. The number of carbonyl (C=O) groups is 1. The van der Waals surface area contributed by atoms with Crippen LogP contribution in [0.1, 0.15) is 11.4 Å². The van der Waals surface area contributed by atoms with Crippen molar-refractivity contribution in [2.75, 3.05) is 31.5 Å². The molecule has 0 saturated carbocycles. The fourth-order valence-corrected chi connectivity index (χ4v) is 3.70. The van der Waals surface area contributed by atoms with Crippen LogP contribution in [0.5, 0.6) is 0 Å². The molecule has 2 amide bonds. The van der Waals surface area contributed by atoms with Crippen molar-refractivity contribution in [3.8, 4) is 0 Å². The summed E-state index contributed by atoms with van der Waals surface area (Å²) in [4.78, 5) is 21.2. The third-order valence-corrected chi connectivity index (χ3v) is 5.36. The average Bonchev–Trinajstić information content (AvgIpc) is 3.27. The molecule has 0 spiro atoms. The number of nitrogens with one attached hydrogen (secondary N) is 1. The molecule has 3 aromatic rings. The van der Waals surface area contributed by atoms with Gasteiger partial charge in [0, 0.05) is 45.6 Å². The Bertz CT molecular complexity index is 926. The lowest BCUT2D eigenvalue weighted by atomic mass is 10.1. The summed E-state index contributed by atoms with van der Waals surface area (Å²) in [5.74, 6) is 1.04. The molecule has 2 aromatic heterocycles. The van der Waals surface area contributed by atoms with Gasteiger partial charge in [0.2, 0.25) is 0 Å². The van der Waals surface area contributed by atoms with Crippen LogP contribution in [0, 0.1) is 6.92 Å². The summed E-state index contributed by atoms with van der Waals surface area (Å²) in [6, 6.07) is 3.81. The molecule has 0 radical (unpaired) electrons. The standard InChI is InChI=1S/C17H21N7OS/c1-12-3-4-13-16(21-26-20-13)15(12)19-17(25)24-9-7-23(8-10-24)11-14-18-5-6-22(14)2/h3-6H,7-11H2,1-2H3,(H,19,25). The van der Waals surface area contributed by atoms with Crippen molar-refractivity contribution in [1.82, 2.24) is 28.1 Å². The monoisotopic (exact) mass is 371 g/mol. The molecular weight excluding hydrogens is 350 g/mol. The highest BCUT2D eigenvalue weighted by Crippen LogP contribution is 2.26. The molecule has 1 aliphatic rings. The maximum atomic E-state index is 12.7. The van der Waals surface area contributed by atoms with Crippen molar-refractivity contribution in [1.29, 1.82) is 0 Å². The van der Waals surface area contributed by atoms with Gasteiger partial charge >= 0.3 is 6.03 Å². The number of urea groups is 1. The molecule has 1 aliphatic heterocycles. The Kier molecular flexibility index (Phi) is 4.56. The van der Waals surface area contributed by atoms with E-state index >= 15 is 0 Å². The van der Waals surface area contributed by atoms with Crippen molar-refractivity contribution in [2.24, 2.45) is 7.05 Å². The van der Waals surface area contributed by atoms with E-state index in [0.29, 0.717) is 13.1 Å². The first kappa shape index (κ1) is 16.9. The molecule has 0 atom stereocenters. The van der Waals surface area contributed by atoms with Crippen LogP contribution < -0.4 is 5.32 Å². The molecule has 0 unspecified atom stereocenters. The number of benzene rings is 1. The quantitative estimate of drug-likeness (QED) is 0.763. The van der Waals surface area contributed by atoms with Gasteiger partial charge in [0.25, 0.3) is 0 Å². The van der Waals surface area contributed by atoms with Gasteiger partial charge in [-0.15, -0.1) is 0 Å². The van der Waals surface area contributed by atoms with Crippen LogP contribution in [0.3, 0.4) is 0 Å². The number of hydrogen-bond acceptors (Lipinski definition) is 6. The third-order valence-electron chi connectivity index (χ3n) is 4.81. The van der Waals surface area contributed by atoms with Crippen molar-refractivity contribution in [3.63, 3.8) is 0 Å². The first-order chi connectivity index (χ1) is 12.6. The molecule has 1 fully saturated rings. The Labute approximate surface area is 155 Å². The van der Waals surface area contributed by atoms with Gasteiger partial charge in [-0.1, -0.05) is 6.07 Å². The molecule has 0 aliphatic carbocycles. The van der Waals surface area contributed by atoms with E-state index < -0.39 is 0 Å². The summed E-state index contributed by atoms with van der Waals surface area (Å²) in [6.45, 7) is 5.84. The summed E-state index contributed by atoms with van der Waals surface area (Å²) in [5, 5.41) is 3.03. The fraction of sp³-hybridized carbons (Fsp3) is 0.412. The van der Waals surface area contributed by atoms with Gasteiger partial charge in [0.1, 0.15) is 16.9 Å². The van der Waals surface area contributed by atoms with E-state index in [9.17, 15) is 4.79 Å². The molecular formula is C17H21N7OS. The van der Waals surface area contributed by atoms with Crippen LogP contribution >= 0.6 is 11.7 Å². The Balaban J connectivity index is 1.38. The van der Waals surface area contributed by atoms with E-state index in [4.69, 9.17) is 0 Å². The second-order valence-electron chi connectivity index (χ2n) is 6.54. The number of nitrogens with zero attached hydrogens (tertiary/aromatic N) is 6. The maximum absolute atomic E-state index is 12.7. The average molecular weight is 371 g/mol. The highest BCUT2D eigenvalue weighted by molar-refractivity contribution is 7.00. The zero-order valence-corrected chi connectivity index (χ0v) is 15.7. The lowest BCUT2D eigenvalue weighted by molar-refractivity contribution is 0.140. The molecule has 3 heterocycles. The Morgan fingerprint density at radius 2 is 2.04 bits per heavy atom. The molecule has 9 heteroatoms. The highest BCUT2D eigenvalue weighted by atomic mass is 32.1. The highest BCUT2D eigenvalue weighted by Gasteiger charge is 2.23. The van der Waals surface area contributed by atoms with E-state index in [1.165, 1.54) is 0 Å². The summed E-state index contributed by atoms with van der Waals surface area (Å²) < 4.78 is 10.6. The Morgan fingerprint density at radius 3 is 2.77 bits per heavy atom. The number of rotatable bonds is 3. The first-order valence-electron chi connectivity index (χ1n) is 8.58. The second kappa shape index (κ2) is 7.00. The number of carbonyl (C=O) groups excluding carboxylic acids is 1. The molecule has 1 N–H and O–H groups in total. The van der Waals surface area contributed by atoms with Crippen LogP contribution in [0.15, 0.2) is 24.5 Å². The number of amides is 2. The van der Waals surface area contributed by atoms with Gasteiger partial charge in [-0.2, -0.15) is 8.75 Å². The fourth-order valence-electron chi connectivity index (χ4n) is 3.15. The Hall–Kier alpha value is -2.52. The predicted octanol–water partition coefficient (Wildman–Crippen LogP) is 2.08. The van der Waals surface area contributed by atoms with Gasteiger partial charge in [-0.3, -0.25) is 4.90 Å². The summed E-state index contributed by atoms with van der Waals surface area (Å²) in [6.07, 6.45) is 3.77. The minimum Gasteiger partial charge on any atom is -0.337 e. The Morgan fingerprint density at radius 1 is 1.23 bits per heavy atom. The van der Waals surface area contributed by atoms with Crippen LogP contribution in [-0.4, -0.2) is 60.3 Å². The predicted molar refractivity (Wildman–Crippen MR) is 101 cm³/mol. The first-order valence-corrected chi connectivity index (χ1v) is 9.31. The number of anilines is 1. The van der Waals surface area contributed by atoms with Crippen LogP contribution in [0.2, 0.25) is 0 Å². The van der Waals surface area contributed by atoms with Crippen LogP contribution in [-0.2, 0) is 13.6 Å². The van der Waals surface area contributed by atoms with E-state index in [1.54, 1.807) is 0 Å². The van der Waals surface area contributed by atoms with Gasteiger partial charge < -0.3 is 14.8 Å². The van der Waals surface area contributed by atoms with Gasteiger partial charge in [0.05, 0.1) is 24.0 Å². The molecule has 26 heavy (non-hydrogen) atoms. The topological polar surface area (TPSA) is 79.2 Å². The number of aromatic nitrogens is 4. The van der Waals surface area contributed by atoms with Gasteiger partial charge in [-0.25, -0.2) is 9.78 Å². The summed E-state index contributed by atoms with van der Waals surface area (Å²) in [5.41, 5.74) is 3.33. The molecule has 136 valence electrons. The largest absolute Gasteiger partial charge is 0.337 e. The summed E-state index contributed by atoms with van der Waals surface area (Å²) in [7, 11) is 2.00. The number of hydrogen-bond donors (Lipinski definition) is 1. The zero-order chi connectivity index (χ0) is 18.1. The number of fused-ring (bicyclic) bond motifs is 1. The van der Waals surface area contributed by atoms with E-state index in [0.717, 1.165) is 59.5 Å². The lowest BCUT2D eigenvalue weighted by Crippen LogP contribution is -2.49. The number of imidazole rings is 1. The van der Waals surface area contributed by atoms with E-state index in [-0.39, 0.29) is 6.03 Å². The number of aryl methyl sites for hydroxylation is 2. The zero-order valence-electron chi connectivity index (χ0n) is 14.8. The molecule has 0 bridgehead atoms. The van der Waals surface area contributed by atoms with Gasteiger partial charge in [0.15, 0.2) is 0 Å². The number of piperazine rings is 1. The summed E-state index contributed by atoms with van der Waals surface area (Å²) >= 11 is 1.16. The molecule has 1 saturated heterocycles. The minimum absolute atomic E-state index is 0.0785. The SMILES string of the molecule is Cc1ccc2nsnc2c1NC(=O)N1CCN(Cc2nccn2C)CC1. The van der Waals surface area contributed by atoms with Crippen LogP contribution in [0.4, 0.5) is 10.5 Å². The smallest absolute Gasteiger partial charge is 0.322 e. The van der Waals surface area contributed by atoms with E-state index in [2.05, 4.69) is 23.9 Å².